The fraction of sp³-hybridized carbons (Fsp3) is 0.877. The Morgan fingerprint density at radius 1 is 0.515 bits per heavy atom. The van der Waals surface area contributed by atoms with Crippen molar-refractivity contribution in [2.45, 2.75) is 283 Å². The first-order chi connectivity index (χ1) is 32.0. The Hall–Kier alpha value is -1.28. The molecule has 9 heteroatoms. The summed E-state index contributed by atoms with van der Waals surface area (Å²) in [6, 6.07) is -0.755. The molecule has 0 heterocycles. The Balaban J connectivity index is 3.77. The van der Waals surface area contributed by atoms with Crippen molar-refractivity contribution >= 4 is 13.7 Å². The van der Waals surface area contributed by atoms with Crippen molar-refractivity contribution in [1.29, 1.82) is 0 Å². The van der Waals surface area contributed by atoms with E-state index in [2.05, 4.69) is 55.6 Å². The molecule has 0 rings (SSSR count). The number of allylic oxidation sites excluding steroid dienone is 6. The number of carbonyl (C=O) groups excluding carboxylic acids is 1. The lowest BCUT2D eigenvalue weighted by molar-refractivity contribution is -0.870. The largest absolute Gasteiger partial charge is 0.472 e. The minimum absolute atomic E-state index is 0.0758. The van der Waals surface area contributed by atoms with E-state index in [1.54, 1.807) is 0 Å². The molecule has 3 atom stereocenters. The lowest BCUT2D eigenvalue weighted by Gasteiger charge is -2.26. The summed E-state index contributed by atoms with van der Waals surface area (Å²) in [5, 5.41) is 13.9. The molecule has 0 aliphatic heterocycles. The van der Waals surface area contributed by atoms with Crippen molar-refractivity contribution in [3.05, 3.63) is 36.5 Å². The maximum Gasteiger partial charge on any atom is 0.472 e. The van der Waals surface area contributed by atoms with Crippen LogP contribution in [0.25, 0.3) is 0 Å². The fourth-order valence-corrected chi connectivity index (χ4v) is 9.14. The van der Waals surface area contributed by atoms with Gasteiger partial charge in [0.05, 0.1) is 39.9 Å². The molecule has 66 heavy (non-hydrogen) atoms. The maximum absolute atomic E-state index is 12.9. The molecular weight excluding hydrogens is 840 g/mol. The normalized spacial score (nSPS) is 14.2. The average Bonchev–Trinajstić information content (AvgIpc) is 3.28. The van der Waals surface area contributed by atoms with Crippen molar-refractivity contribution in [3.63, 3.8) is 0 Å². The standard InChI is InChI=1S/C57H111N2O6P/c1-6-8-10-12-14-15-16-17-18-19-20-21-22-23-24-25-26-27-28-29-30-31-32-33-34-35-36-37-38-39-40-41-42-43-45-47-49-51-57(61)58-55(56(60)50-48-46-44-13-11-9-7-2)54-65-66(62,63)64-53-52-59(3,4)5/h16-17,19-20,22-23,55-56,60H,6-15,18,21,24-54H2,1-5H3,(H-,58,61,62,63)/p+1/b17-16-,20-19-,23-22-. The highest BCUT2D eigenvalue weighted by molar-refractivity contribution is 7.47. The second-order valence-electron chi connectivity index (χ2n) is 20.7. The molecule has 0 bridgehead atoms. The summed E-state index contributed by atoms with van der Waals surface area (Å²) >= 11 is 0. The van der Waals surface area contributed by atoms with Crippen molar-refractivity contribution in [3.8, 4) is 0 Å². The van der Waals surface area contributed by atoms with E-state index in [1.165, 1.54) is 193 Å². The van der Waals surface area contributed by atoms with E-state index in [0.717, 1.165) is 51.4 Å². The first kappa shape index (κ1) is 64.7. The van der Waals surface area contributed by atoms with Crippen molar-refractivity contribution in [1.82, 2.24) is 5.32 Å². The van der Waals surface area contributed by atoms with E-state index in [4.69, 9.17) is 9.05 Å². The van der Waals surface area contributed by atoms with Crippen LogP contribution in [0, 0.1) is 0 Å². The number of unbranched alkanes of at least 4 members (excludes halogenated alkanes) is 33. The van der Waals surface area contributed by atoms with Gasteiger partial charge in [0.15, 0.2) is 0 Å². The van der Waals surface area contributed by atoms with Crippen LogP contribution in [0.1, 0.15) is 271 Å². The SMILES string of the molecule is CCCCCCC/C=C\C/C=C\C/C=C\CCCCCCCCCCCCCCCCCCCCCCCCC(=O)NC(COP(=O)(O)OCC[N+](C)(C)C)C(O)CCCCCCCCC. The van der Waals surface area contributed by atoms with E-state index < -0.39 is 20.0 Å². The molecule has 3 N–H and O–H groups in total. The van der Waals surface area contributed by atoms with Gasteiger partial charge in [0.2, 0.25) is 5.91 Å². The third kappa shape index (κ3) is 50.6. The monoisotopic (exact) mass is 952 g/mol. The number of quaternary nitrogens is 1. The first-order valence-electron chi connectivity index (χ1n) is 28.4. The van der Waals surface area contributed by atoms with Crippen molar-refractivity contribution < 1.29 is 32.9 Å². The molecule has 0 aliphatic carbocycles. The molecule has 0 saturated heterocycles. The molecular formula is C57H112N2O6P+. The lowest BCUT2D eigenvalue weighted by Crippen LogP contribution is -2.46. The van der Waals surface area contributed by atoms with Crippen molar-refractivity contribution in [2.24, 2.45) is 0 Å². The molecule has 8 nitrogen and oxygen atoms in total. The molecule has 0 aromatic heterocycles. The lowest BCUT2D eigenvalue weighted by atomic mass is 10.0. The van der Waals surface area contributed by atoms with Crippen LogP contribution in [-0.2, 0) is 18.4 Å². The summed E-state index contributed by atoms with van der Waals surface area (Å²) in [5.74, 6) is -0.145. The second-order valence-corrected chi connectivity index (χ2v) is 22.1. The molecule has 390 valence electrons. The van der Waals surface area contributed by atoms with E-state index in [0.29, 0.717) is 23.9 Å². The zero-order valence-electron chi connectivity index (χ0n) is 44.4. The minimum atomic E-state index is -4.31. The minimum Gasteiger partial charge on any atom is -0.391 e. The molecule has 0 spiro atoms. The quantitative estimate of drug-likeness (QED) is 0.0243. The van der Waals surface area contributed by atoms with E-state index in [-0.39, 0.29) is 19.1 Å². The van der Waals surface area contributed by atoms with Gasteiger partial charge in [-0.05, 0) is 51.4 Å². The van der Waals surface area contributed by atoms with Crippen LogP contribution < -0.4 is 5.32 Å². The Morgan fingerprint density at radius 3 is 1.26 bits per heavy atom. The summed E-state index contributed by atoms with van der Waals surface area (Å²) in [4.78, 5) is 23.1. The molecule has 0 aromatic rings. The van der Waals surface area contributed by atoms with Gasteiger partial charge in [-0.15, -0.1) is 0 Å². The van der Waals surface area contributed by atoms with Gasteiger partial charge in [-0.2, -0.15) is 0 Å². The number of phosphoric acid groups is 1. The number of nitrogens with zero attached hydrogens (tertiary/aromatic N) is 1. The topological polar surface area (TPSA) is 105 Å². The maximum atomic E-state index is 12.9. The predicted molar refractivity (Wildman–Crippen MR) is 286 cm³/mol. The van der Waals surface area contributed by atoms with Gasteiger partial charge in [-0.3, -0.25) is 13.8 Å². The van der Waals surface area contributed by atoms with Crippen LogP contribution in [0.2, 0.25) is 0 Å². The second kappa shape index (κ2) is 48.7. The number of hydrogen-bond donors (Lipinski definition) is 3. The zero-order chi connectivity index (χ0) is 48.5. The van der Waals surface area contributed by atoms with Crippen LogP contribution in [0.5, 0.6) is 0 Å². The highest BCUT2D eigenvalue weighted by atomic mass is 31.2. The number of amides is 1. The Kier molecular flexibility index (Phi) is 47.8. The number of nitrogens with one attached hydrogen (secondary N) is 1. The van der Waals surface area contributed by atoms with Gasteiger partial charge in [-0.1, -0.05) is 249 Å². The van der Waals surface area contributed by atoms with Crippen LogP contribution in [0.4, 0.5) is 0 Å². The molecule has 0 aromatic carbocycles. The number of rotatable bonds is 52. The summed E-state index contributed by atoms with van der Waals surface area (Å²) in [6.07, 6.45) is 62.5. The number of phosphoric ester groups is 1. The van der Waals surface area contributed by atoms with Crippen LogP contribution in [-0.4, -0.2) is 73.4 Å². The first-order valence-corrected chi connectivity index (χ1v) is 29.8. The molecule has 0 fully saturated rings. The van der Waals surface area contributed by atoms with Gasteiger partial charge in [0, 0.05) is 6.42 Å². The van der Waals surface area contributed by atoms with Gasteiger partial charge in [-0.25, -0.2) is 4.57 Å². The highest BCUT2D eigenvalue weighted by Gasteiger charge is 2.28. The van der Waals surface area contributed by atoms with Gasteiger partial charge >= 0.3 is 7.82 Å². The average molecular weight is 953 g/mol. The fourth-order valence-electron chi connectivity index (χ4n) is 8.41. The predicted octanol–water partition coefficient (Wildman–Crippen LogP) is 17.0. The van der Waals surface area contributed by atoms with Gasteiger partial charge < -0.3 is 19.8 Å². The molecule has 1 amide bonds. The number of carbonyl (C=O) groups is 1. The number of likely N-dealkylation sites (N-methyl/N-ethyl adjacent to an activating group) is 1. The number of aliphatic hydroxyl groups excluding tert-OH is 1. The molecule has 3 unspecified atom stereocenters. The highest BCUT2D eigenvalue weighted by Crippen LogP contribution is 2.43. The number of aliphatic hydroxyl groups is 1. The Bertz CT molecular complexity index is 1170. The third-order valence-corrected chi connectivity index (χ3v) is 13.9. The Morgan fingerprint density at radius 2 is 0.864 bits per heavy atom. The number of hydrogen-bond acceptors (Lipinski definition) is 5. The van der Waals surface area contributed by atoms with Crippen LogP contribution in [0.15, 0.2) is 36.5 Å². The van der Waals surface area contributed by atoms with Crippen LogP contribution >= 0.6 is 7.82 Å². The van der Waals surface area contributed by atoms with Gasteiger partial charge in [0.25, 0.3) is 0 Å². The van der Waals surface area contributed by atoms with E-state index in [9.17, 15) is 19.4 Å². The smallest absolute Gasteiger partial charge is 0.391 e. The summed E-state index contributed by atoms with van der Waals surface area (Å²) in [5.41, 5.74) is 0. The summed E-state index contributed by atoms with van der Waals surface area (Å²) in [7, 11) is 1.62. The van der Waals surface area contributed by atoms with Gasteiger partial charge in [0.1, 0.15) is 13.2 Å². The van der Waals surface area contributed by atoms with Crippen LogP contribution in [0.3, 0.4) is 0 Å². The third-order valence-electron chi connectivity index (χ3n) is 12.9. The van der Waals surface area contributed by atoms with E-state index >= 15 is 0 Å². The zero-order valence-corrected chi connectivity index (χ0v) is 45.3. The summed E-state index contributed by atoms with van der Waals surface area (Å²) in [6.45, 7) is 4.84. The van der Waals surface area contributed by atoms with E-state index in [1.807, 2.05) is 21.1 Å². The molecule has 0 radical (unpaired) electrons. The molecule has 0 aliphatic rings. The summed E-state index contributed by atoms with van der Waals surface area (Å²) < 4.78 is 23.6. The van der Waals surface area contributed by atoms with Crippen molar-refractivity contribution in [2.75, 3.05) is 40.9 Å². The Labute approximate surface area is 410 Å². The molecule has 0 saturated carbocycles.